The second kappa shape index (κ2) is 9.97. The van der Waals surface area contributed by atoms with Gasteiger partial charge in [-0.2, -0.15) is 0 Å². The van der Waals surface area contributed by atoms with E-state index in [1.807, 2.05) is 12.1 Å². The summed E-state index contributed by atoms with van der Waals surface area (Å²) in [5.74, 6) is 1.72. The van der Waals surface area contributed by atoms with E-state index in [1.54, 1.807) is 21.3 Å². The smallest absolute Gasteiger partial charge is 0.203 e. The number of hydrogen-bond donors (Lipinski definition) is 1. The number of benzene rings is 1. The summed E-state index contributed by atoms with van der Waals surface area (Å²) in [5, 5.41) is 10.3. The van der Waals surface area contributed by atoms with Crippen LogP contribution in [0.25, 0.3) is 0 Å². The molecule has 1 aliphatic rings. The molecular weight excluding hydrogens is 338 g/mol. The van der Waals surface area contributed by atoms with Gasteiger partial charge in [-0.25, -0.2) is 0 Å². The van der Waals surface area contributed by atoms with Crippen LogP contribution in [0.3, 0.4) is 0 Å². The quantitative estimate of drug-likeness (QED) is 0.710. The van der Waals surface area contributed by atoms with Crippen molar-refractivity contribution in [2.45, 2.75) is 38.8 Å². The third-order valence-corrected chi connectivity index (χ3v) is 4.27. The summed E-state index contributed by atoms with van der Waals surface area (Å²) in [6, 6.07) is 3.69. The standard InChI is InChI=1S/C19H31NO6/c1-13-8-20(9-14(2)26-13)10-16(21)12-25-11-15-6-17(22-3)19(24-5)18(7-15)23-4/h6-7,13-14,16,21H,8-12H2,1-5H3/t13-,14-,16-/m0/s1. The Hall–Kier alpha value is -1.54. The van der Waals surface area contributed by atoms with E-state index in [0.717, 1.165) is 18.7 Å². The normalized spacial score (nSPS) is 22.1. The number of aliphatic hydroxyl groups is 1. The van der Waals surface area contributed by atoms with Gasteiger partial charge in [-0.1, -0.05) is 0 Å². The molecule has 1 heterocycles. The lowest BCUT2D eigenvalue weighted by Crippen LogP contribution is -2.48. The second-order valence-electron chi connectivity index (χ2n) is 6.68. The molecule has 7 heteroatoms. The first-order chi connectivity index (χ1) is 12.5. The maximum absolute atomic E-state index is 10.3. The third kappa shape index (κ3) is 5.74. The summed E-state index contributed by atoms with van der Waals surface area (Å²) < 4.78 is 27.4. The number of rotatable bonds is 9. The van der Waals surface area contributed by atoms with Crippen LogP contribution < -0.4 is 14.2 Å². The zero-order valence-electron chi connectivity index (χ0n) is 16.4. The number of nitrogens with zero attached hydrogens (tertiary/aromatic N) is 1. The Balaban J connectivity index is 1.85. The molecule has 0 amide bonds. The van der Waals surface area contributed by atoms with Gasteiger partial charge in [0.25, 0.3) is 0 Å². The molecule has 1 N–H and O–H groups in total. The van der Waals surface area contributed by atoms with Crippen LogP contribution in [-0.4, -0.2) is 75.9 Å². The van der Waals surface area contributed by atoms with Crippen LogP contribution in [-0.2, 0) is 16.1 Å². The summed E-state index contributed by atoms with van der Waals surface area (Å²) >= 11 is 0. The minimum atomic E-state index is -0.547. The zero-order chi connectivity index (χ0) is 19.1. The first kappa shape index (κ1) is 20.8. The minimum absolute atomic E-state index is 0.186. The van der Waals surface area contributed by atoms with Gasteiger partial charge in [0.15, 0.2) is 11.5 Å². The second-order valence-corrected chi connectivity index (χ2v) is 6.68. The van der Waals surface area contributed by atoms with Gasteiger partial charge in [-0.05, 0) is 31.5 Å². The van der Waals surface area contributed by atoms with Crippen LogP contribution in [0.1, 0.15) is 19.4 Å². The maximum atomic E-state index is 10.3. The Morgan fingerprint density at radius 2 is 1.65 bits per heavy atom. The lowest BCUT2D eigenvalue weighted by molar-refractivity contribution is -0.0826. The van der Waals surface area contributed by atoms with Gasteiger partial charge in [0, 0.05) is 19.6 Å². The van der Waals surface area contributed by atoms with E-state index in [9.17, 15) is 5.11 Å². The van der Waals surface area contributed by atoms with Crippen LogP contribution >= 0.6 is 0 Å². The Morgan fingerprint density at radius 3 is 2.15 bits per heavy atom. The van der Waals surface area contributed by atoms with E-state index in [1.165, 1.54) is 0 Å². The Morgan fingerprint density at radius 1 is 1.08 bits per heavy atom. The molecule has 1 fully saturated rings. The molecule has 2 rings (SSSR count). The predicted molar refractivity (Wildman–Crippen MR) is 98.2 cm³/mol. The van der Waals surface area contributed by atoms with Crippen molar-refractivity contribution in [2.24, 2.45) is 0 Å². The van der Waals surface area contributed by atoms with Gasteiger partial charge in [-0.3, -0.25) is 4.90 Å². The molecule has 1 saturated heterocycles. The highest BCUT2D eigenvalue weighted by molar-refractivity contribution is 5.53. The van der Waals surface area contributed by atoms with Crippen LogP contribution in [0, 0.1) is 0 Å². The first-order valence-corrected chi connectivity index (χ1v) is 8.89. The largest absolute Gasteiger partial charge is 0.493 e. The lowest BCUT2D eigenvalue weighted by atomic mass is 10.2. The summed E-state index contributed by atoms with van der Waals surface area (Å²) in [4.78, 5) is 2.21. The number of methoxy groups -OCH3 is 3. The van der Waals surface area contributed by atoms with Gasteiger partial charge in [0.05, 0.1) is 52.9 Å². The van der Waals surface area contributed by atoms with Crippen molar-refractivity contribution in [3.05, 3.63) is 17.7 Å². The molecule has 1 aromatic rings. The van der Waals surface area contributed by atoms with Crippen molar-refractivity contribution in [1.82, 2.24) is 4.90 Å². The van der Waals surface area contributed by atoms with Crippen molar-refractivity contribution in [2.75, 3.05) is 47.6 Å². The number of aliphatic hydroxyl groups excluding tert-OH is 1. The average Bonchev–Trinajstić information content (AvgIpc) is 2.59. The summed E-state index contributed by atoms with van der Waals surface area (Å²) in [6.07, 6.45) is -0.174. The molecule has 148 valence electrons. The monoisotopic (exact) mass is 369 g/mol. The van der Waals surface area contributed by atoms with Crippen LogP contribution in [0.15, 0.2) is 12.1 Å². The number of hydrogen-bond acceptors (Lipinski definition) is 7. The van der Waals surface area contributed by atoms with E-state index in [4.69, 9.17) is 23.7 Å². The van der Waals surface area contributed by atoms with E-state index in [2.05, 4.69) is 18.7 Å². The molecule has 26 heavy (non-hydrogen) atoms. The first-order valence-electron chi connectivity index (χ1n) is 8.89. The molecule has 7 nitrogen and oxygen atoms in total. The summed E-state index contributed by atoms with van der Waals surface area (Å²) in [6.45, 7) is 6.95. The third-order valence-electron chi connectivity index (χ3n) is 4.27. The highest BCUT2D eigenvalue weighted by atomic mass is 16.5. The molecule has 0 aliphatic carbocycles. The average molecular weight is 369 g/mol. The fourth-order valence-electron chi connectivity index (χ4n) is 3.32. The molecule has 0 spiro atoms. The Bertz CT molecular complexity index is 532. The summed E-state index contributed by atoms with van der Waals surface area (Å²) in [5.41, 5.74) is 0.889. The van der Waals surface area contributed by atoms with Crippen molar-refractivity contribution in [3.63, 3.8) is 0 Å². The van der Waals surface area contributed by atoms with Crippen LogP contribution in [0.5, 0.6) is 17.2 Å². The topological polar surface area (TPSA) is 69.6 Å². The highest BCUT2D eigenvalue weighted by Crippen LogP contribution is 2.38. The van der Waals surface area contributed by atoms with Gasteiger partial charge in [0.1, 0.15) is 0 Å². The SMILES string of the molecule is COc1cc(COC[C@@H](O)CN2C[C@H](C)O[C@@H](C)C2)cc(OC)c1OC. The van der Waals surface area contributed by atoms with E-state index in [0.29, 0.717) is 30.4 Å². The molecule has 0 radical (unpaired) electrons. The molecule has 0 saturated carbocycles. The molecule has 3 atom stereocenters. The van der Waals surface area contributed by atoms with Crippen molar-refractivity contribution in [3.8, 4) is 17.2 Å². The van der Waals surface area contributed by atoms with Gasteiger partial charge in [-0.15, -0.1) is 0 Å². The van der Waals surface area contributed by atoms with Crippen LogP contribution in [0.2, 0.25) is 0 Å². The molecule has 0 unspecified atom stereocenters. The maximum Gasteiger partial charge on any atom is 0.203 e. The number of ether oxygens (including phenoxy) is 5. The molecule has 0 aromatic heterocycles. The van der Waals surface area contributed by atoms with Gasteiger partial charge in [0.2, 0.25) is 5.75 Å². The number of morpholine rings is 1. The Labute approximate surface area is 155 Å². The molecular formula is C19H31NO6. The highest BCUT2D eigenvalue weighted by Gasteiger charge is 2.23. The molecule has 0 bridgehead atoms. The van der Waals surface area contributed by atoms with Gasteiger partial charge < -0.3 is 28.8 Å². The fraction of sp³-hybridized carbons (Fsp3) is 0.684. The van der Waals surface area contributed by atoms with Crippen molar-refractivity contribution < 1.29 is 28.8 Å². The predicted octanol–water partition coefficient (Wildman–Crippen LogP) is 1.70. The fourth-order valence-corrected chi connectivity index (χ4v) is 3.32. The Kier molecular flexibility index (Phi) is 7.96. The lowest BCUT2D eigenvalue weighted by Gasteiger charge is -2.36. The van der Waals surface area contributed by atoms with Gasteiger partial charge >= 0.3 is 0 Å². The van der Waals surface area contributed by atoms with E-state index >= 15 is 0 Å². The zero-order valence-corrected chi connectivity index (χ0v) is 16.4. The van der Waals surface area contributed by atoms with Crippen LogP contribution in [0.4, 0.5) is 0 Å². The van der Waals surface area contributed by atoms with Crippen molar-refractivity contribution in [1.29, 1.82) is 0 Å². The molecule has 1 aromatic carbocycles. The van der Waals surface area contributed by atoms with E-state index in [-0.39, 0.29) is 18.8 Å². The van der Waals surface area contributed by atoms with Crippen molar-refractivity contribution >= 4 is 0 Å². The molecule has 1 aliphatic heterocycles. The number of β-amino-alcohol motifs (C(OH)–C–C–N with tert-alkyl or cyclic N) is 1. The minimum Gasteiger partial charge on any atom is -0.493 e. The van der Waals surface area contributed by atoms with E-state index < -0.39 is 6.10 Å². The summed E-state index contributed by atoms with van der Waals surface area (Å²) in [7, 11) is 4.73.